The van der Waals surface area contributed by atoms with Crippen LogP contribution in [0.25, 0.3) is 0 Å². The molecule has 0 unspecified atom stereocenters. The Labute approximate surface area is 164 Å². The van der Waals surface area contributed by atoms with E-state index in [0.717, 1.165) is 29.7 Å². The lowest BCUT2D eigenvalue weighted by molar-refractivity contribution is 0.601. The quantitative estimate of drug-likeness (QED) is 0.594. The van der Waals surface area contributed by atoms with Crippen LogP contribution in [0.3, 0.4) is 0 Å². The molecule has 0 aliphatic heterocycles. The molecule has 1 aromatic heterocycles. The molecular weight excluding hydrogens is 377 g/mol. The molecule has 28 heavy (non-hydrogen) atoms. The molecule has 7 heteroatoms. The molecule has 3 aromatic rings. The van der Waals surface area contributed by atoms with Crippen LogP contribution in [0.1, 0.15) is 18.1 Å². The number of pyridine rings is 1. The molecule has 0 saturated heterocycles. The maximum absolute atomic E-state index is 12.9. The molecule has 0 spiro atoms. The van der Waals surface area contributed by atoms with Gasteiger partial charge in [-0.15, -0.1) is 0 Å². The van der Waals surface area contributed by atoms with Gasteiger partial charge in [0.2, 0.25) is 0 Å². The zero-order valence-corrected chi connectivity index (χ0v) is 16.3. The van der Waals surface area contributed by atoms with Gasteiger partial charge < -0.3 is 5.32 Å². The van der Waals surface area contributed by atoms with Crippen LogP contribution in [0.5, 0.6) is 0 Å². The van der Waals surface area contributed by atoms with Crippen molar-refractivity contribution in [1.29, 1.82) is 0 Å². The fourth-order valence-corrected chi connectivity index (χ4v) is 3.67. The highest BCUT2D eigenvalue weighted by atomic mass is 32.2. The SMILES string of the molecule is CCc1ccc(S(=O)(=O)Nc2ccc(NCCc3ccc(F)cc3)cn2)cc1. The monoisotopic (exact) mass is 399 g/mol. The van der Waals surface area contributed by atoms with Crippen molar-refractivity contribution in [2.45, 2.75) is 24.7 Å². The van der Waals surface area contributed by atoms with Crippen LogP contribution in [-0.4, -0.2) is 19.9 Å². The fraction of sp³-hybridized carbons (Fsp3) is 0.190. The minimum absolute atomic E-state index is 0.202. The summed E-state index contributed by atoms with van der Waals surface area (Å²) in [4.78, 5) is 4.36. The van der Waals surface area contributed by atoms with Gasteiger partial charge in [-0.25, -0.2) is 17.8 Å². The third-order valence-electron chi connectivity index (χ3n) is 4.30. The van der Waals surface area contributed by atoms with Gasteiger partial charge in [0.1, 0.15) is 11.6 Å². The van der Waals surface area contributed by atoms with E-state index in [1.165, 1.54) is 12.1 Å². The number of anilines is 2. The van der Waals surface area contributed by atoms with E-state index >= 15 is 0 Å². The van der Waals surface area contributed by atoms with E-state index in [1.807, 2.05) is 6.92 Å². The van der Waals surface area contributed by atoms with Gasteiger partial charge in [-0.05, 0) is 60.4 Å². The molecule has 0 atom stereocenters. The van der Waals surface area contributed by atoms with Crippen LogP contribution in [0.15, 0.2) is 71.8 Å². The van der Waals surface area contributed by atoms with Gasteiger partial charge in [-0.1, -0.05) is 31.2 Å². The number of aromatic nitrogens is 1. The first-order chi connectivity index (χ1) is 13.5. The van der Waals surface area contributed by atoms with E-state index in [9.17, 15) is 12.8 Å². The summed E-state index contributed by atoms with van der Waals surface area (Å²) in [5.74, 6) is 0.00362. The van der Waals surface area contributed by atoms with Crippen molar-refractivity contribution in [1.82, 2.24) is 4.98 Å². The highest BCUT2D eigenvalue weighted by molar-refractivity contribution is 7.92. The molecule has 2 aromatic carbocycles. The molecule has 0 amide bonds. The van der Waals surface area contributed by atoms with Crippen LogP contribution in [-0.2, 0) is 22.9 Å². The molecule has 0 saturated carbocycles. The number of sulfonamides is 1. The van der Waals surface area contributed by atoms with E-state index < -0.39 is 10.0 Å². The maximum Gasteiger partial charge on any atom is 0.263 e. The largest absolute Gasteiger partial charge is 0.383 e. The van der Waals surface area contributed by atoms with Crippen molar-refractivity contribution in [3.05, 3.63) is 83.8 Å². The summed E-state index contributed by atoms with van der Waals surface area (Å²) in [6.07, 6.45) is 3.16. The van der Waals surface area contributed by atoms with Crippen LogP contribution >= 0.6 is 0 Å². The second-order valence-corrected chi connectivity index (χ2v) is 8.02. The zero-order valence-electron chi connectivity index (χ0n) is 15.5. The van der Waals surface area contributed by atoms with E-state index in [2.05, 4.69) is 15.0 Å². The third kappa shape index (κ3) is 5.29. The molecule has 2 N–H and O–H groups in total. The van der Waals surface area contributed by atoms with Gasteiger partial charge in [-0.3, -0.25) is 4.72 Å². The first-order valence-corrected chi connectivity index (χ1v) is 10.5. The Morgan fingerprint density at radius 2 is 1.61 bits per heavy atom. The number of hydrogen-bond acceptors (Lipinski definition) is 4. The summed E-state index contributed by atoms with van der Waals surface area (Å²) in [5, 5.41) is 3.21. The Morgan fingerprint density at radius 1 is 0.929 bits per heavy atom. The Bertz CT molecular complexity index is 1000. The minimum Gasteiger partial charge on any atom is -0.383 e. The zero-order chi connectivity index (χ0) is 20.0. The van der Waals surface area contributed by atoms with Gasteiger partial charge in [0.25, 0.3) is 10.0 Å². The Balaban J connectivity index is 1.56. The lowest BCUT2D eigenvalue weighted by Crippen LogP contribution is -2.14. The highest BCUT2D eigenvalue weighted by Gasteiger charge is 2.14. The lowest BCUT2D eigenvalue weighted by Gasteiger charge is -2.10. The summed E-state index contributed by atoms with van der Waals surface area (Å²) < 4.78 is 40.3. The average molecular weight is 399 g/mol. The molecule has 1 heterocycles. The van der Waals surface area contributed by atoms with Crippen molar-refractivity contribution >= 4 is 21.5 Å². The summed E-state index contributed by atoms with van der Waals surface area (Å²) in [7, 11) is -3.67. The Hall–Kier alpha value is -2.93. The van der Waals surface area contributed by atoms with Crippen molar-refractivity contribution in [3.8, 4) is 0 Å². The summed E-state index contributed by atoms with van der Waals surface area (Å²) in [6, 6.07) is 16.5. The van der Waals surface area contributed by atoms with Gasteiger partial charge >= 0.3 is 0 Å². The second kappa shape index (κ2) is 8.84. The van der Waals surface area contributed by atoms with Crippen molar-refractivity contribution in [2.75, 3.05) is 16.6 Å². The third-order valence-corrected chi connectivity index (χ3v) is 5.67. The smallest absolute Gasteiger partial charge is 0.263 e. The Kier molecular flexibility index (Phi) is 6.26. The van der Waals surface area contributed by atoms with Gasteiger partial charge in [0.15, 0.2) is 0 Å². The first-order valence-electron chi connectivity index (χ1n) is 9.02. The van der Waals surface area contributed by atoms with Gasteiger partial charge in [-0.2, -0.15) is 0 Å². The molecule has 0 fully saturated rings. The van der Waals surface area contributed by atoms with E-state index in [-0.39, 0.29) is 16.5 Å². The fourth-order valence-electron chi connectivity index (χ4n) is 2.66. The summed E-state index contributed by atoms with van der Waals surface area (Å²) >= 11 is 0. The summed E-state index contributed by atoms with van der Waals surface area (Å²) in [6.45, 7) is 2.67. The number of rotatable bonds is 8. The molecule has 0 aliphatic carbocycles. The van der Waals surface area contributed by atoms with Crippen LogP contribution in [0.4, 0.5) is 15.9 Å². The normalized spacial score (nSPS) is 11.2. The topological polar surface area (TPSA) is 71.1 Å². The van der Waals surface area contributed by atoms with E-state index in [0.29, 0.717) is 6.54 Å². The molecule has 0 aliphatic rings. The van der Waals surface area contributed by atoms with Gasteiger partial charge in [0, 0.05) is 6.54 Å². The molecule has 3 rings (SSSR count). The molecule has 146 valence electrons. The molecule has 0 bridgehead atoms. The second-order valence-electron chi connectivity index (χ2n) is 6.34. The minimum atomic E-state index is -3.67. The van der Waals surface area contributed by atoms with Gasteiger partial charge in [0.05, 0.1) is 16.8 Å². The number of nitrogens with one attached hydrogen (secondary N) is 2. The number of benzene rings is 2. The Morgan fingerprint density at radius 3 is 2.21 bits per heavy atom. The van der Waals surface area contributed by atoms with Crippen LogP contribution in [0.2, 0.25) is 0 Å². The average Bonchev–Trinajstić information content (AvgIpc) is 2.70. The molecule has 0 radical (unpaired) electrons. The molecule has 5 nitrogen and oxygen atoms in total. The van der Waals surface area contributed by atoms with Crippen molar-refractivity contribution in [2.24, 2.45) is 0 Å². The van der Waals surface area contributed by atoms with E-state index in [4.69, 9.17) is 0 Å². The van der Waals surface area contributed by atoms with Crippen LogP contribution < -0.4 is 10.0 Å². The van der Waals surface area contributed by atoms with Crippen molar-refractivity contribution in [3.63, 3.8) is 0 Å². The predicted molar refractivity (Wildman–Crippen MR) is 109 cm³/mol. The maximum atomic E-state index is 12.9. The lowest BCUT2D eigenvalue weighted by atomic mass is 10.1. The summed E-state index contributed by atoms with van der Waals surface area (Å²) in [5.41, 5.74) is 2.88. The van der Waals surface area contributed by atoms with Crippen LogP contribution in [0, 0.1) is 5.82 Å². The predicted octanol–water partition coefficient (Wildman–Crippen LogP) is 4.24. The number of hydrogen-bond donors (Lipinski definition) is 2. The number of halogens is 1. The number of aryl methyl sites for hydroxylation is 1. The number of nitrogens with zero attached hydrogens (tertiary/aromatic N) is 1. The van der Waals surface area contributed by atoms with Crippen molar-refractivity contribution < 1.29 is 12.8 Å². The first kappa shape index (κ1) is 19.8. The highest BCUT2D eigenvalue weighted by Crippen LogP contribution is 2.17. The standard InChI is InChI=1S/C21H22FN3O2S/c1-2-16-5-10-20(11-6-16)28(26,27)25-21-12-9-19(15-24-21)23-14-13-17-3-7-18(22)8-4-17/h3-12,15,23H,2,13-14H2,1H3,(H,24,25). The molecular formula is C21H22FN3O2S. The van der Waals surface area contributed by atoms with E-state index in [1.54, 1.807) is 54.7 Å².